The van der Waals surface area contributed by atoms with Gasteiger partial charge in [0, 0.05) is 6.54 Å². The van der Waals surface area contributed by atoms with Crippen molar-refractivity contribution in [2.24, 2.45) is 5.41 Å². The number of hydrogen-bond donors (Lipinski definition) is 1. The van der Waals surface area contributed by atoms with Crippen LogP contribution in [0.3, 0.4) is 0 Å². The summed E-state index contributed by atoms with van der Waals surface area (Å²) in [6.07, 6.45) is -4.63. The van der Waals surface area contributed by atoms with E-state index in [1.807, 2.05) is 0 Å². The molecule has 0 bridgehead atoms. The van der Waals surface area contributed by atoms with Gasteiger partial charge in [0.15, 0.2) is 6.04 Å². The van der Waals surface area contributed by atoms with Crippen LogP contribution in [0.2, 0.25) is 0 Å². The largest absolute Gasteiger partial charge is 0.409 e. The first kappa shape index (κ1) is 16.7. The molecule has 2 aromatic carbocycles. The first-order valence-corrected chi connectivity index (χ1v) is 7.42. The summed E-state index contributed by atoms with van der Waals surface area (Å²) in [5.41, 5.74) is 1.29. The van der Waals surface area contributed by atoms with Gasteiger partial charge in [-0.1, -0.05) is 24.3 Å². The van der Waals surface area contributed by atoms with Gasteiger partial charge in [-0.05, 0) is 42.3 Å². The summed E-state index contributed by atoms with van der Waals surface area (Å²) in [5, 5.41) is 1.58. The maximum atomic E-state index is 13.8. The third-order valence-electron chi connectivity index (χ3n) is 4.22. The second kappa shape index (κ2) is 5.44. The molecule has 1 aliphatic heterocycles. The predicted molar refractivity (Wildman–Crippen MR) is 81.3 cm³/mol. The van der Waals surface area contributed by atoms with Crippen molar-refractivity contribution >= 4 is 16.7 Å². The first-order valence-electron chi connectivity index (χ1n) is 7.42. The highest BCUT2D eigenvalue weighted by Crippen LogP contribution is 2.42. The molecule has 0 saturated carbocycles. The van der Waals surface area contributed by atoms with Crippen molar-refractivity contribution in [2.75, 3.05) is 6.54 Å². The number of alkyl halides is 3. The van der Waals surface area contributed by atoms with Gasteiger partial charge in [0.2, 0.25) is 5.91 Å². The Labute approximate surface area is 136 Å². The van der Waals surface area contributed by atoms with Crippen molar-refractivity contribution in [3.63, 3.8) is 0 Å². The molecule has 2 aromatic rings. The van der Waals surface area contributed by atoms with E-state index in [2.05, 4.69) is 5.43 Å². The van der Waals surface area contributed by atoms with E-state index in [9.17, 15) is 22.4 Å². The molecule has 1 unspecified atom stereocenters. The molecule has 0 spiro atoms. The Morgan fingerprint density at radius 2 is 1.92 bits per heavy atom. The Hall–Kier alpha value is -2.15. The summed E-state index contributed by atoms with van der Waals surface area (Å²) in [6.45, 7) is 3.07. The number of nitrogens with zero attached hydrogens (tertiary/aromatic N) is 1. The van der Waals surface area contributed by atoms with E-state index in [4.69, 9.17) is 0 Å². The standard InChI is InChI=1S/C17H16F4N2O/c1-16(2)9-23(22-15(16)24)14(17(19,20)21)12-5-3-4-10-6-7-11(18)8-13(10)12/h3-8,14H,9H2,1-2H3,(H,22,24). The topological polar surface area (TPSA) is 32.3 Å². The van der Waals surface area contributed by atoms with Crippen molar-refractivity contribution in [1.29, 1.82) is 0 Å². The fourth-order valence-corrected chi connectivity index (χ4v) is 3.00. The number of hydrogen-bond acceptors (Lipinski definition) is 2. The van der Waals surface area contributed by atoms with Crippen LogP contribution in [0.1, 0.15) is 25.5 Å². The molecule has 24 heavy (non-hydrogen) atoms. The SMILES string of the molecule is CC1(C)CN(C(c2cccc3ccc(F)cc23)C(F)(F)F)NC1=O. The zero-order valence-corrected chi connectivity index (χ0v) is 13.1. The van der Waals surface area contributed by atoms with Gasteiger partial charge < -0.3 is 0 Å². The molecule has 128 valence electrons. The molecule has 1 fully saturated rings. The molecule has 1 atom stereocenters. The van der Waals surface area contributed by atoms with Crippen LogP contribution in [0, 0.1) is 11.2 Å². The van der Waals surface area contributed by atoms with Crippen LogP contribution in [-0.4, -0.2) is 23.6 Å². The molecule has 1 saturated heterocycles. The number of halogens is 4. The lowest BCUT2D eigenvalue weighted by atomic mass is 9.93. The van der Waals surface area contributed by atoms with E-state index in [1.165, 1.54) is 24.3 Å². The summed E-state index contributed by atoms with van der Waals surface area (Å²) < 4.78 is 54.9. The van der Waals surface area contributed by atoms with Crippen LogP contribution >= 0.6 is 0 Å². The molecule has 1 amide bonds. The second-order valence-electron chi connectivity index (χ2n) is 6.61. The van der Waals surface area contributed by atoms with Gasteiger partial charge in [-0.15, -0.1) is 0 Å². The highest BCUT2D eigenvalue weighted by atomic mass is 19.4. The van der Waals surface area contributed by atoms with Gasteiger partial charge in [-0.25, -0.2) is 9.40 Å². The number of nitrogens with one attached hydrogen (secondary N) is 1. The average molecular weight is 340 g/mol. The van der Waals surface area contributed by atoms with E-state index in [1.54, 1.807) is 19.9 Å². The number of fused-ring (bicyclic) bond motifs is 1. The summed E-state index contributed by atoms with van der Waals surface area (Å²) in [7, 11) is 0. The fraction of sp³-hybridized carbons (Fsp3) is 0.353. The highest BCUT2D eigenvalue weighted by Gasteiger charge is 2.51. The first-order chi connectivity index (χ1) is 11.1. The molecule has 1 aliphatic rings. The summed E-state index contributed by atoms with van der Waals surface area (Å²) in [6, 6.07) is 6.12. The van der Waals surface area contributed by atoms with E-state index in [0.717, 1.165) is 11.1 Å². The van der Waals surface area contributed by atoms with Crippen molar-refractivity contribution in [3.8, 4) is 0 Å². The maximum Gasteiger partial charge on any atom is 0.409 e. The van der Waals surface area contributed by atoms with Gasteiger partial charge in [0.1, 0.15) is 5.82 Å². The lowest BCUT2D eigenvalue weighted by molar-refractivity contribution is -0.191. The van der Waals surface area contributed by atoms with Crippen molar-refractivity contribution in [1.82, 2.24) is 10.4 Å². The Balaban J connectivity index is 2.15. The van der Waals surface area contributed by atoms with Crippen LogP contribution in [0.25, 0.3) is 10.8 Å². The third-order valence-corrected chi connectivity index (χ3v) is 4.22. The van der Waals surface area contributed by atoms with Gasteiger partial charge in [-0.3, -0.25) is 10.2 Å². The maximum absolute atomic E-state index is 13.8. The Morgan fingerprint density at radius 1 is 1.21 bits per heavy atom. The Bertz CT molecular complexity index is 801. The summed E-state index contributed by atoms with van der Waals surface area (Å²) in [4.78, 5) is 11.9. The van der Waals surface area contributed by atoms with Gasteiger partial charge in [0.25, 0.3) is 0 Å². The van der Waals surface area contributed by atoms with Gasteiger partial charge >= 0.3 is 6.18 Å². The van der Waals surface area contributed by atoms with Crippen LogP contribution in [0.15, 0.2) is 36.4 Å². The highest BCUT2D eigenvalue weighted by molar-refractivity contribution is 5.87. The van der Waals surface area contributed by atoms with Gasteiger partial charge in [-0.2, -0.15) is 13.2 Å². The molecular formula is C17H16F4N2O. The summed E-state index contributed by atoms with van der Waals surface area (Å²) >= 11 is 0. The number of benzene rings is 2. The minimum atomic E-state index is -4.63. The quantitative estimate of drug-likeness (QED) is 0.840. The normalized spacial score (nSPS) is 19.5. The Kier molecular flexibility index (Phi) is 3.79. The van der Waals surface area contributed by atoms with E-state index < -0.39 is 29.4 Å². The van der Waals surface area contributed by atoms with Crippen molar-refractivity contribution in [3.05, 3.63) is 47.8 Å². The Morgan fingerprint density at radius 3 is 2.50 bits per heavy atom. The smallest absolute Gasteiger partial charge is 0.287 e. The van der Waals surface area contributed by atoms with Crippen molar-refractivity contribution in [2.45, 2.75) is 26.1 Å². The second-order valence-corrected chi connectivity index (χ2v) is 6.61. The zero-order valence-electron chi connectivity index (χ0n) is 13.1. The molecule has 0 radical (unpaired) electrons. The van der Waals surface area contributed by atoms with Crippen LogP contribution in [0.4, 0.5) is 17.6 Å². The van der Waals surface area contributed by atoms with Gasteiger partial charge in [0.05, 0.1) is 5.41 Å². The number of carbonyl (C=O) groups excluding carboxylic acids is 1. The number of carbonyl (C=O) groups is 1. The third kappa shape index (κ3) is 2.84. The zero-order chi connectivity index (χ0) is 17.7. The molecule has 0 aromatic heterocycles. The lowest BCUT2D eigenvalue weighted by Crippen LogP contribution is -2.43. The van der Waals surface area contributed by atoms with E-state index in [-0.39, 0.29) is 17.5 Å². The van der Waals surface area contributed by atoms with Crippen LogP contribution < -0.4 is 5.43 Å². The van der Waals surface area contributed by atoms with Crippen LogP contribution in [-0.2, 0) is 4.79 Å². The minimum Gasteiger partial charge on any atom is -0.287 e. The molecule has 3 nitrogen and oxygen atoms in total. The van der Waals surface area contributed by atoms with Crippen LogP contribution in [0.5, 0.6) is 0 Å². The van der Waals surface area contributed by atoms with Crippen molar-refractivity contribution < 1.29 is 22.4 Å². The average Bonchev–Trinajstić information content (AvgIpc) is 2.71. The molecule has 1 N–H and O–H groups in total. The van der Waals surface area contributed by atoms with E-state index >= 15 is 0 Å². The number of amides is 1. The monoisotopic (exact) mass is 340 g/mol. The molecule has 1 heterocycles. The number of hydrazine groups is 1. The number of rotatable bonds is 2. The molecular weight excluding hydrogens is 324 g/mol. The summed E-state index contributed by atoms with van der Waals surface area (Å²) in [5.74, 6) is -1.08. The molecule has 7 heteroatoms. The lowest BCUT2D eigenvalue weighted by Gasteiger charge is -2.30. The molecule has 3 rings (SSSR count). The minimum absolute atomic E-state index is 0.0856. The predicted octanol–water partition coefficient (Wildman–Crippen LogP) is 3.96. The van der Waals surface area contributed by atoms with E-state index in [0.29, 0.717) is 5.39 Å². The molecule has 0 aliphatic carbocycles. The fourth-order valence-electron chi connectivity index (χ4n) is 3.00.